The van der Waals surface area contributed by atoms with E-state index in [-0.39, 0.29) is 11.3 Å². The summed E-state index contributed by atoms with van der Waals surface area (Å²) in [5.74, 6) is 0.659. The molecule has 4 rings (SSSR count). The van der Waals surface area contributed by atoms with Crippen LogP contribution in [0.3, 0.4) is 0 Å². The lowest BCUT2D eigenvalue weighted by atomic mass is 10.2. The van der Waals surface area contributed by atoms with E-state index >= 15 is 0 Å². The summed E-state index contributed by atoms with van der Waals surface area (Å²) in [6, 6.07) is 21.8. The van der Waals surface area contributed by atoms with Crippen LogP contribution in [0.2, 0.25) is 0 Å². The van der Waals surface area contributed by atoms with Gasteiger partial charge in [0.2, 0.25) is 0 Å². The second-order valence-corrected chi connectivity index (χ2v) is 7.02. The van der Waals surface area contributed by atoms with Gasteiger partial charge in [-0.2, -0.15) is 0 Å². The largest absolute Gasteiger partial charge is 0.508 e. The summed E-state index contributed by atoms with van der Waals surface area (Å²) in [4.78, 5) is 17.7. The Labute approximate surface area is 164 Å². The Kier molecular flexibility index (Phi) is 4.64. The van der Waals surface area contributed by atoms with E-state index in [2.05, 4.69) is 26.3 Å². The highest BCUT2D eigenvalue weighted by molar-refractivity contribution is 9.10. The van der Waals surface area contributed by atoms with Crippen LogP contribution in [0.4, 0.5) is 0 Å². The highest BCUT2D eigenvalue weighted by atomic mass is 79.9. The molecule has 4 aromatic rings. The number of rotatable bonds is 4. The van der Waals surface area contributed by atoms with Gasteiger partial charge in [-0.3, -0.25) is 4.79 Å². The third kappa shape index (κ3) is 3.57. The fourth-order valence-electron chi connectivity index (χ4n) is 2.86. The number of hydrogen-bond donors (Lipinski definition) is 2. The van der Waals surface area contributed by atoms with Gasteiger partial charge in [0.25, 0.3) is 5.56 Å². The summed E-state index contributed by atoms with van der Waals surface area (Å²) in [7, 11) is 0. The number of para-hydroxylation sites is 1. The molecule has 0 unspecified atom stereocenters. The quantitative estimate of drug-likeness (QED) is 0.516. The fraction of sp³-hybridized carbons (Fsp3) is 0.0476. The Bertz CT molecular complexity index is 1150. The Hall–Kier alpha value is -3.12. The summed E-state index contributed by atoms with van der Waals surface area (Å²) in [5.41, 5.74) is 5.42. The molecule has 0 aliphatic carbocycles. The number of hydrogen-bond acceptors (Lipinski definition) is 4. The molecule has 1 aromatic heterocycles. The first-order valence-corrected chi connectivity index (χ1v) is 9.20. The SMILES string of the molecule is O=c1c2ccccc2nc(-c2ccc(O)cc2)n1NCc1ccc(Br)cc1. The van der Waals surface area contributed by atoms with Crippen LogP contribution in [0, 0.1) is 0 Å². The highest BCUT2D eigenvalue weighted by Crippen LogP contribution is 2.21. The van der Waals surface area contributed by atoms with Crippen molar-refractivity contribution in [1.29, 1.82) is 0 Å². The van der Waals surface area contributed by atoms with Crippen molar-refractivity contribution in [3.63, 3.8) is 0 Å². The molecule has 27 heavy (non-hydrogen) atoms. The van der Waals surface area contributed by atoms with Crippen molar-refractivity contribution in [2.45, 2.75) is 6.54 Å². The summed E-state index contributed by atoms with van der Waals surface area (Å²) in [6.07, 6.45) is 0. The number of nitrogens with one attached hydrogen (secondary N) is 1. The average Bonchev–Trinajstić information content (AvgIpc) is 2.69. The first-order chi connectivity index (χ1) is 13.1. The molecule has 1 heterocycles. The first kappa shape index (κ1) is 17.3. The van der Waals surface area contributed by atoms with E-state index in [1.165, 1.54) is 4.68 Å². The second-order valence-electron chi connectivity index (χ2n) is 6.10. The maximum Gasteiger partial charge on any atom is 0.280 e. The van der Waals surface area contributed by atoms with Crippen molar-refractivity contribution in [3.8, 4) is 17.1 Å². The van der Waals surface area contributed by atoms with E-state index < -0.39 is 0 Å². The van der Waals surface area contributed by atoms with Gasteiger partial charge >= 0.3 is 0 Å². The van der Waals surface area contributed by atoms with Crippen molar-refractivity contribution in [2.24, 2.45) is 0 Å². The molecule has 134 valence electrons. The van der Waals surface area contributed by atoms with E-state index in [4.69, 9.17) is 0 Å². The molecule has 3 aromatic carbocycles. The van der Waals surface area contributed by atoms with E-state index in [0.717, 1.165) is 15.6 Å². The van der Waals surface area contributed by atoms with Crippen molar-refractivity contribution in [1.82, 2.24) is 9.66 Å². The Morgan fingerprint density at radius 3 is 2.41 bits per heavy atom. The third-order valence-corrected chi connectivity index (χ3v) is 4.78. The summed E-state index contributed by atoms with van der Waals surface area (Å²) < 4.78 is 2.47. The number of halogens is 1. The molecule has 0 aliphatic heterocycles. The summed E-state index contributed by atoms with van der Waals surface area (Å²) in [6.45, 7) is 0.471. The van der Waals surface area contributed by atoms with Crippen molar-refractivity contribution in [3.05, 3.63) is 93.2 Å². The molecule has 0 radical (unpaired) electrons. The Morgan fingerprint density at radius 1 is 0.963 bits per heavy atom. The maximum atomic E-state index is 13.1. The number of aromatic hydroxyl groups is 1. The van der Waals surface area contributed by atoms with Gasteiger partial charge in [-0.05, 0) is 54.1 Å². The zero-order chi connectivity index (χ0) is 18.8. The minimum atomic E-state index is -0.166. The number of fused-ring (bicyclic) bond motifs is 1. The predicted molar refractivity (Wildman–Crippen MR) is 110 cm³/mol. The predicted octanol–water partition coefficient (Wildman–Crippen LogP) is 4.28. The summed E-state index contributed by atoms with van der Waals surface area (Å²) >= 11 is 3.42. The molecule has 5 nitrogen and oxygen atoms in total. The normalized spacial score (nSPS) is 10.9. The highest BCUT2D eigenvalue weighted by Gasteiger charge is 2.12. The molecule has 0 atom stereocenters. The third-order valence-electron chi connectivity index (χ3n) is 4.26. The maximum absolute atomic E-state index is 13.1. The van der Waals surface area contributed by atoms with Crippen molar-refractivity contribution >= 4 is 26.8 Å². The number of phenolic OH excluding ortho intramolecular Hbond substituents is 1. The molecule has 2 N–H and O–H groups in total. The molecule has 0 saturated carbocycles. The number of phenols is 1. The molecule has 0 aliphatic rings. The minimum Gasteiger partial charge on any atom is -0.508 e. The second kappa shape index (κ2) is 7.25. The Balaban J connectivity index is 1.82. The molecular formula is C21H16BrN3O2. The molecule has 0 bridgehead atoms. The fourth-order valence-corrected chi connectivity index (χ4v) is 3.12. The molecule has 0 spiro atoms. The van der Waals surface area contributed by atoms with Gasteiger partial charge < -0.3 is 10.5 Å². The zero-order valence-corrected chi connectivity index (χ0v) is 15.8. The van der Waals surface area contributed by atoms with Gasteiger partial charge in [-0.25, -0.2) is 9.66 Å². The van der Waals surface area contributed by atoms with Gasteiger partial charge in [0.15, 0.2) is 5.82 Å². The lowest BCUT2D eigenvalue weighted by molar-refractivity contribution is 0.475. The number of aromatic nitrogens is 2. The van der Waals surface area contributed by atoms with Crippen LogP contribution in [-0.4, -0.2) is 14.8 Å². The van der Waals surface area contributed by atoms with Crippen LogP contribution >= 0.6 is 15.9 Å². The van der Waals surface area contributed by atoms with Crippen molar-refractivity contribution < 1.29 is 5.11 Å². The van der Waals surface area contributed by atoms with Gasteiger partial charge in [-0.1, -0.05) is 40.2 Å². The van der Waals surface area contributed by atoms with E-state index in [9.17, 15) is 9.90 Å². The van der Waals surface area contributed by atoms with Crippen LogP contribution in [-0.2, 0) is 6.54 Å². The van der Waals surface area contributed by atoms with Crippen LogP contribution in [0.25, 0.3) is 22.3 Å². The van der Waals surface area contributed by atoms with E-state index in [1.807, 2.05) is 42.5 Å². The number of benzene rings is 3. The minimum absolute atomic E-state index is 0.163. The first-order valence-electron chi connectivity index (χ1n) is 8.41. The topological polar surface area (TPSA) is 67.1 Å². The molecular weight excluding hydrogens is 406 g/mol. The van der Waals surface area contributed by atoms with Crippen LogP contribution in [0.1, 0.15) is 5.56 Å². The molecule has 6 heteroatoms. The van der Waals surface area contributed by atoms with Gasteiger partial charge in [0, 0.05) is 10.0 Å². The smallest absolute Gasteiger partial charge is 0.280 e. The zero-order valence-electron chi connectivity index (χ0n) is 14.3. The Morgan fingerprint density at radius 2 is 1.67 bits per heavy atom. The van der Waals surface area contributed by atoms with Crippen LogP contribution < -0.4 is 11.0 Å². The lowest BCUT2D eigenvalue weighted by Gasteiger charge is -2.16. The van der Waals surface area contributed by atoms with Crippen molar-refractivity contribution in [2.75, 3.05) is 5.43 Å². The van der Waals surface area contributed by atoms with Gasteiger partial charge in [0.05, 0.1) is 17.4 Å². The molecule has 0 amide bonds. The summed E-state index contributed by atoms with van der Waals surface area (Å²) in [5, 5.41) is 10.1. The average molecular weight is 422 g/mol. The molecule has 0 saturated heterocycles. The number of nitrogens with zero attached hydrogens (tertiary/aromatic N) is 2. The van der Waals surface area contributed by atoms with Gasteiger partial charge in [-0.15, -0.1) is 0 Å². The molecule has 0 fully saturated rings. The monoisotopic (exact) mass is 421 g/mol. The van der Waals surface area contributed by atoms with E-state index in [0.29, 0.717) is 23.3 Å². The lowest BCUT2D eigenvalue weighted by Crippen LogP contribution is -2.31. The van der Waals surface area contributed by atoms with E-state index in [1.54, 1.807) is 30.3 Å². The van der Waals surface area contributed by atoms with Gasteiger partial charge in [0.1, 0.15) is 5.75 Å². The standard InChI is InChI=1S/C21H16BrN3O2/c22-16-9-5-14(6-10-16)13-23-25-20(15-7-11-17(26)12-8-15)24-19-4-2-1-3-18(19)21(25)27/h1-12,23,26H,13H2. The van der Waals surface area contributed by atoms with Crippen LogP contribution in [0.15, 0.2) is 82.1 Å². The van der Waals surface area contributed by atoms with Crippen LogP contribution in [0.5, 0.6) is 5.75 Å².